The Hall–Kier alpha value is -0.930. The molecule has 0 bridgehead atoms. The third kappa shape index (κ3) is 5.29. The van der Waals surface area contributed by atoms with Crippen LogP contribution in [0.1, 0.15) is 25.8 Å². The van der Waals surface area contributed by atoms with Gasteiger partial charge in [0.2, 0.25) is 0 Å². The van der Waals surface area contributed by atoms with Crippen molar-refractivity contribution in [1.29, 1.82) is 0 Å². The van der Waals surface area contributed by atoms with Crippen molar-refractivity contribution < 1.29 is 9.13 Å². The van der Waals surface area contributed by atoms with Crippen LogP contribution in [0, 0.1) is 5.82 Å². The van der Waals surface area contributed by atoms with E-state index in [0.717, 1.165) is 31.5 Å². The van der Waals surface area contributed by atoms with Gasteiger partial charge in [0.1, 0.15) is 5.82 Å². The maximum absolute atomic E-state index is 13.3. The van der Waals surface area contributed by atoms with Crippen LogP contribution in [0.5, 0.6) is 0 Å². The second-order valence-electron chi connectivity index (χ2n) is 4.81. The van der Waals surface area contributed by atoms with Crippen LogP contribution in [0.3, 0.4) is 0 Å². The van der Waals surface area contributed by atoms with Gasteiger partial charge in [-0.3, -0.25) is 0 Å². The molecule has 0 aliphatic carbocycles. The van der Waals surface area contributed by atoms with E-state index < -0.39 is 0 Å². The molecule has 0 aliphatic rings. The lowest BCUT2D eigenvalue weighted by Gasteiger charge is -2.22. The second kappa shape index (κ2) is 6.72. The van der Waals surface area contributed by atoms with Crippen LogP contribution in [-0.2, 0) is 11.2 Å². The van der Waals surface area contributed by atoms with Crippen molar-refractivity contribution in [3.63, 3.8) is 0 Å². The number of halogens is 1. The maximum Gasteiger partial charge on any atom is 0.126 e. The molecule has 3 heteroatoms. The molecule has 0 amide bonds. The molecule has 17 heavy (non-hydrogen) atoms. The molecule has 1 aromatic rings. The van der Waals surface area contributed by atoms with Gasteiger partial charge in [-0.05, 0) is 51.4 Å². The SMILES string of the molecule is COC(C)(C)CCNCCc1ccccc1F. The van der Waals surface area contributed by atoms with E-state index in [4.69, 9.17) is 4.74 Å². The van der Waals surface area contributed by atoms with Gasteiger partial charge in [0.25, 0.3) is 0 Å². The minimum Gasteiger partial charge on any atom is -0.379 e. The first-order valence-electron chi connectivity index (χ1n) is 6.04. The Kier molecular flexibility index (Phi) is 5.59. The van der Waals surface area contributed by atoms with Gasteiger partial charge in [-0.1, -0.05) is 18.2 Å². The lowest BCUT2D eigenvalue weighted by Crippen LogP contribution is -2.29. The minimum absolute atomic E-state index is 0.0923. The summed E-state index contributed by atoms with van der Waals surface area (Å²) in [6.45, 7) is 5.80. The highest BCUT2D eigenvalue weighted by Gasteiger charge is 2.14. The summed E-state index contributed by atoms with van der Waals surface area (Å²) in [5.41, 5.74) is 0.677. The van der Waals surface area contributed by atoms with Crippen molar-refractivity contribution in [2.45, 2.75) is 32.3 Å². The topological polar surface area (TPSA) is 21.3 Å². The average Bonchev–Trinajstić information content (AvgIpc) is 2.31. The normalized spacial score (nSPS) is 11.8. The molecule has 0 spiro atoms. The largest absolute Gasteiger partial charge is 0.379 e. The molecule has 0 aromatic heterocycles. The lowest BCUT2D eigenvalue weighted by atomic mass is 10.1. The molecule has 0 saturated carbocycles. The van der Waals surface area contributed by atoms with Crippen LogP contribution in [0.25, 0.3) is 0 Å². The number of ether oxygens (including phenoxy) is 1. The Balaban J connectivity index is 2.19. The molecule has 1 rings (SSSR count). The highest BCUT2D eigenvalue weighted by atomic mass is 19.1. The summed E-state index contributed by atoms with van der Waals surface area (Å²) in [5, 5.41) is 3.30. The number of hydrogen-bond acceptors (Lipinski definition) is 2. The van der Waals surface area contributed by atoms with Gasteiger partial charge in [0.05, 0.1) is 5.60 Å². The second-order valence-corrected chi connectivity index (χ2v) is 4.81. The van der Waals surface area contributed by atoms with Crippen molar-refractivity contribution >= 4 is 0 Å². The molecular formula is C14H22FNO. The molecule has 1 aromatic carbocycles. The van der Waals surface area contributed by atoms with Crippen molar-refractivity contribution in [3.05, 3.63) is 35.6 Å². The Morgan fingerprint density at radius 3 is 2.59 bits per heavy atom. The van der Waals surface area contributed by atoms with Gasteiger partial charge in [-0.25, -0.2) is 4.39 Å². The van der Waals surface area contributed by atoms with Crippen LogP contribution < -0.4 is 5.32 Å². The lowest BCUT2D eigenvalue weighted by molar-refractivity contribution is 0.0159. The van der Waals surface area contributed by atoms with E-state index in [1.807, 2.05) is 12.1 Å². The summed E-state index contributed by atoms with van der Waals surface area (Å²) in [7, 11) is 1.72. The Labute approximate surface area is 103 Å². The number of hydrogen-bond donors (Lipinski definition) is 1. The molecule has 0 atom stereocenters. The Bertz CT molecular complexity index is 339. The number of rotatable bonds is 7. The summed E-state index contributed by atoms with van der Waals surface area (Å²) in [6.07, 6.45) is 1.67. The smallest absolute Gasteiger partial charge is 0.126 e. The standard InChI is InChI=1S/C14H22FNO/c1-14(2,17-3)9-11-16-10-8-12-6-4-5-7-13(12)15/h4-7,16H,8-11H2,1-3H3. The zero-order chi connectivity index (χ0) is 12.7. The van der Waals surface area contributed by atoms with Crippen molar-refractivity contribution in [2.75, 3.05) is 20.2 Å². The highest BCUT2D eigenvalue weighted by Crippen LogP contribution is 2.11. The molecule has 0 unspecified atom stereocenters. The zero-order valence-electron chi connectivity index (χ0n) is 10.9. The number of benzene rings is 1. The van der Waals surface area contributed by atoms with Gasteiger partial charge >= 0.3 is 0 Å². The van der Waals surface area contributed by atoms with Crippen LogP contribution >= 0.6 is 0 Å². The first-order valence-corrected chi connectivity index (χ1v) is 6.04. The molecule has 0 heterocycles. The summed E-state index contributed by atoms with van der Waals surface area (Å²) in [5.74, 6) is -0.119. The van der Waals surface area contributed by atoms with E-state index in [-0.39, 0.29) is 11.4 Å². The third-order valence-corrected chi connectivity index (χ3v) is 2.99. The van der Waals surface area contributed by atoms with E-state index in [1.54, 1.807) is 13.2 Å². The molecule has 1 N–H and O–H groups in total. The van der Waals surface area contributed by atoms with Gasteiger partial charge in [0.15, 0.2) is 0 Å². The fourth-order valence-corrected chi connectivity index (χ4v) is 1.54. The van der Waals surface area contributed by atoms with Crippen molar-refractivity contribution in [3.8, 4) is 0 Å². The van der Waals surface area contributed by atoms with Crippen LogP contribution in [0.4, 0.5) is 4.39 Å². The summed E-state index contributed by atoms with van der Waals surface area (Å²) < 4.78 is 18.6. The van der Waals surface area contributed by atoms with Gasteiger partial charge in [-0.15, -0.1) is 0 Å². The van der Waals surface area contributed by atoms with Crippen LogP contribution in [0.15, 0.2) is 24.3 Å². The molecular weight excluding hydrogens is 217 g/mol. The molecule has 0 fully saturated rings. The van der Waals surface area contributed by atoms with Gasteiger partial charge in [-0.2, -0.15) is 0 Å². The fraction of sp³-hybridized carbons (Fsp3) is 0.571. The van der Waals surface area contributed by atoms with Crippen LogP contribution in [-0.4, -0.2) is 25.8 Å². The quantitative estimate of drug-likeness (QED) is 0.739. The van der Waals surface area contributed by atoms with E-state index in [2.05, 4.69) is 19.2 Å². The summed E-state index contributed by atoms with van der Waals surface area (Å²) >= 11 is 0. The Morgan fingerprint density at radius 1 is 1.24 bits per heavy atom. The van der Waals surface area contributed by atoms with E-state index in [0.29, 0.717) is 0 Å². The fourth-order valence-electron chi connectivity index (χ4n) is 1.54. The predicted octanol–water partition coefficient (Wildman–Crippen LogP) is 2.77. The highest BCUT2D eigenvalue weighted by molar-refractivity contribution is 5.17. The predicted molar refractivity (Wildman–Crippen MR) is 68.7 cm³/mol. The number of nitrogens with one attached hydrogen (secondary N) is 1. The average molecular weight is 239 g/mol. The van der Waals surface area contributed by atoms with Gasteiger partial charge < -0.3 is 10.1 Å². The van der Waals surface area contributed by atoms with E-state index in [9.17, 15) is 4.39 Å². The molecule has 0 radical (unpaired) electrons. The minimum atomic E-state index is -0.119. The van der Waals surface area contributed by atoms with Crippen molar-refractivity contribution in [1.82, 2.24) is 5.32 Å². The number of methoxy groups -OCH3 is 1. The molecule has 0 aliphatic heterocycles. The maximum atomic E-state index is 13.3. The summed E-state index contributed by atoms with van der Waals surface area (Å²) in [4.78, 5) is 0. The first-order chi connectivity index (χ1) is 8.05. The van der Waals surface area contributed by atoms with Crippen LogP contribution in [0.2, 0.25) is 0 Å². The monoisotopic (exact) mass is 239 g/mol. The Morgan fingerprint density at radius 2 is 1.94 bits per heavy atom. The van der Waals surface area contributed by atoms with E-state index in [1.165, 1.54) is 6.07 Å². The first kappa shape index (κ1) is 14.1. The zero-order valence-corrected chi connectivity index (χ0v) is 10.9. The third-order valence-electron chi connectivity index (χ3n) is 2.99. The molecule has 2 nitrogen and oxygen atoms in total. The summed E-state index contributed by atoms with van der Waals surface area (Å²) in [6, 6.07) is 6.92. The van der Waals surface area contributed by atoms with E-state index >= 15 is 0 Å². The van der Waals surface area contributed by atoms with Gasteiger partial charge in [0, 0.05) is 7.11 Å². The molecule has 0 saturated heterocycles. The molecule has 96 valence electrons. The van der Waals surface area contributed by atoms with Crippen molar-refractivity contribution in [2.24, 2.45) is 0 Å².